The largest absolute Gasteiger partial charge is 0.573 e. The van der Waals surface area contributed by atoms with Crippen molar-refractivity contribution in [3.8, 4) is 5.75 Å². The van der Waals surface area contributed by atoms with Crippen LogP contribution in [0, 0.1) is 0 Å². The monoisotopic (exact) mass is 320 g/mol. The number of benzene rings is 1. The third-order valence-electron chi connectivity index (χ3n) is 2.67. The van der Waals surface area contributed by atoms with Crippen LogP contribution in [0.15, 0.2) is 24.3 Å². The molecular formula is C14H19F3N2O3. The van der Waals surface area contributed by atoms with Gasteiger partial charge in [-0.3, -0.25) is 9.69 Å². The lowest BCUT2D eigenvalue weighted by molar-refractivity contribution is -0.274. The van der Waals surface area contributed by atoms with Crippen LogP contribution in [-0.2, 0) is 9.53 Å². The number of amides is 1. The van der Waals surface area contributed by atoms with Crippen molar-refractivity contribution in [2.24, 2.45) is 0 Å². The zero-order chi connectivity index (χ0) is 16.6. The number of nitrogens with zero attached hydrogens (tertiary/aromatic N) is 1. The summed E-state index contributed by atoms with van der Waals surface area (Å²) in [7, 11) is 3.41. The smallest absolute Gasteiger partial charge is 0.406 e. The molecule has 1 rings (SSSR count). The summed E-state index contributed by atoms with van der Waals surface area (Å²) in [5.74, 6) is -0.577. The molecule has 0 heterocycles. The summed E-state index contributed by atoms with van der Waals surface area (Å²) in [6.45, 7) is 1.51. The number of anilines is 1. The Morgan fingerprint density at radius 1 is 1.27 bits per heavy atom. The van der Waals surface area contributed by atoms with Gasteiger partial charge in [-0.05, 0) is 37.7 Å². The molecule has 0 aliphatic heterocycles. The van der Waals surface area contributed by atoms with Crippen LogP contribution in [0.1, 0.15) is 6.42 Å². The molecule has 5 nitrogen and oxygen atoms in total. The number of hydrogen-bond acceptors (Lipinski definition) is 4. The Labute approximate surface area is 127 Å². The lowest BCUT2D eigenvalue weighted by Gasteiger charge is -2.16. The fraction of sp³-hybridized carbons (Fsp3) is 0.500. The van der Waals surface area contributed by atoms with Gasteiger partial charge in [0.05, 0.1) is 6.54 Å². The van der Waals surface area contributed by atoms with Gasteiger partial charge < -0.3 is 14.8 Å². The van der Waals surface area contributed by atoms with Crippen LogP contribution in [0.25, 0.3) is 0 Å². The molecule has 0 atom stereocenters. The summed E-state index contributed by atoms with van der Waals surface area (Å²) in [6, 6.07) is 4.99. The van der Waals surface area contributed by atoms with Gasteiger partial charge in [0, 0.05) is 25.9 Å². The summed E-state index contributed by atoms with van der Waals surface area (Å²) in [5, 5.41) is 2.60. The van der Waals surface area contributed by atoms with Gasteiger partial charge in [-0.2, -0.15) is 0 Å². The van der Waals surface area contributed by atoms with Crippen molar-refractivity contribution in [3.05, 3.63) is 24.3 Å². The van der Waals surface area contributed by atoms with Gasteiger partial charge >= 0.3 is 6.36 Å². The first-order chi connectivity index (χ1) is 10.3. The van der Waals surface area contributed by atoms with Crippen molar-refractivity contribution >= 4 is 11.6 Å². The van der Waals surface area contributed by atoms with E-state index in [-0.39, 0.29) is 18.2 Å². The highest BCUT2D eigenvalue weighted by Gasteiger charge is 2.30. The number of rotatable bonds is 8. The molecule has 1 aromatic rings. The fourth-order valence-corrected chi connectivity index (χ4v) is 1.74. The minimum absolute atomic E-state index is 0.185. The number of alkyl halides is 3. The summed E-state index contributed by atoms with van der Waals surface area (Å²) >= 11 is 0. The first kappa shape index (κ1) is 18.2. The second-order valence-electron chi connectivity index (χ2n) is 4.70. The van der Waals surface area contributed by atoms with Crippen LogP contribution in [0.5, 0.6) is 5.75 Å². The molecule has 0 aliphatic carbocycles. The van der Waals surface area contributed by atoms with E-state index < -0.39 is 6.36 Å². The van der Waals surface area contributed by atoms with Crippen LogP contribution >= 0.6 is 0 Å². The number of nitrogens with one attached hydrogen (secondary N) is 1. The quantitative estimate of drug-likeness (QED) is 0.748. The fourth-order valence-electron chi connectivity index (χ4n) is 1.74. The molecule has 0 saturated heterocycles. The minimum atomic E-state index is -4.73. The average Bonchev–Trinajstić information content (AvgIpc) is 2.39. The summed E-state index contributed by atoms with van der Waals surface area (Å²) in [4.78, 5) is 13.6. The standard InChI is InChI=1S/C14H19F3N2O3/c1-19(8-3-9-21-2)10-13(20)18-11-4-6-12(7-5-11)22-14(15,16)17/h4-7H,3,8-10H2,1-2H3,(H,18,20). The lowest BCUT2D eigenvalue weighted by Crippen LogP contribution is -2.31. The second-order valence-corrected chi connectivity index (χ2v) is 4.70. The molecule has 0 fully saturated rings. The summed E-state index contributed by atoms with van der Waals surface area (Å²) in [5.41, 5.74) is 0.407. The van der Waals surface area contributed by atoms with E-state index in [0.717, 1.165) is 18.6 Å². The Morgan fingerprint density at radius 3 is 2.45 bits per heavy atom. The van der Waals surface area contributed by atoms with E-state index >= 15 is 0 Å². The van der Waals surface area contributed by atoms with Crippen molar-refractivity contribution < 1.29 is 27.4 Å². The Morgan fingerprint density at radius 2 is 1.91 bits per heavy atom. The van der Waals surface area contributed by atoms with Crippen LogP contribution in [0.4, 0.5) is 18.9 Å². The Balaban J connectivity index is 2.41. The maximum Gasteiger partial charge on any atom is 0.573 e. The number of halogens is 3. The molecule has 0 radical (unpaired) electrons. The number of methoxy groups -OCH3 is 1. The van der Waals surface area contributed by atoms with Crippen molar-refractivity contribution in [2.75, 3.05) is 39.2 Å². The van der Waals surface area contributed by atoms with Gasteiger partial charge in [-0.25, -0.2) is 0 Å². The van der Waals surface area contributed by atoms with E-state index in [1.165, 1.54) is 12.1 Å². The molecular weight excluding hydrogens is 301 g/mol. The number of ether oxygens (including phenoxy) is 2. The van der Waals surface area contributed by atoms with Gasteiger partial charge in [0.2, 0.25) is 5.91 Å². The Hall–Kier alpha value is -1.80. The van der Waals surface area contributed by atoms with Crippen LogP contribution < -0.4 is 10.1 Å². The second kappa shape index (κ2) is 8.60. The molecule has 1 N–H and O–H groups in total. The molecule has 0 spiro atoms. The first-order valence-electron chi connectivity index (χ1n) is 6.63. The maximum atomic E-state index is 12.0. The maximum absolute atomic E-state index is 12.0. The lowest BCUT2D eigenvalue weighted by atomic mass is 10.3. The number of hydrogen-bond donors (Lipinski definition) is 1. The van der Waals surface area contributed by atoms with Crippen molar-refractivity contribution in [2.45, 2.75) is 12.8 Å². The van der Waals surface area contributed by atoms with Crippen molar-refractivity contribution in [3.63, 3.8) is 0 Å². The van der Waals surface area contributed by atoms with E-state index in [2.05, 4.69) is 10.1 Å². The van der Waals surface area contributed by atoms with Gasteiger partial charge in [0.25, 0.3) is 0 Å². The highest BCUT2D eigenvalue weighted by Crippen LogP contribution is 2.23. The Kier molecular flexibility index (Phi) is 7.13. The van der Waals surface area contributed by atoms with E-state index in [0.29, 0.717) is 18.8 Å². The Bertz CT molecular complexity index is 463. The van der Waals surface area contributed by atoms with Crippen LogP contribution in [0.3, 0.4) is 0 Å². The third kappa shape index (κ3) is 7.84. The SMILES string of the molecule is COCCCN(C)CC(=O)Nc1ccc(OC(F)(F)F)cc1. The number of likely N-dealkylation sites (N-methyl/N-ethyl adjacent to an activating group) is 1. The van der Waals surface area contributed by atoms with E-state index in [9.17, 15) is 18.0 Å². The van der Waals surface area contributed by atoms with E-state index in [1.54, 1.807) is 14.2 Å². The zero-order valence-corrected chi connectivity index (χ0v) is 12.4. The van der Waals surface area contributed by atoms with E-state index in [1.807, 2.05) is 4.90 Å². The highest BCUT2D eigenvalue weighted by atomic mass is 19.4. The zero-order valence-electron chi connectivity index (χ0n) is 12.4. The molecule has 1 amide bonds. The van der Waals surface area contributed by atoms with Crippen molar-refractivity contribution in [1.29, 1.82) is 0 Å². The van der Waals surface area contributed by atoms with Crippen molar-refractivity contribution in [1.82, 2.24) is 4.90 Å². The molecule has 124 valence electrons. The van der Waals surface area contributed by atoms with Crippen LogP contribution in [-0.4, -0.2) is 51.0 Å². The number of carbonyl (C=O) groups excluding carboxylic acids is 1. The molecule has 0 saturated carbocycles. The predicted molar refractivity (Wildman–Crippen MR) is 75.7 cm³/mol. The molecule has 0 unspecified atom stereocenters. The number of carbonyl (C=O) groups is 1. The minimum Gasteiger partial charge on any atom is -0.406 e. The van der Waals surface area contributed by atoms with Gasteiger partial charge in [-0.15, -0.1) is 13.2 Å². The molecule has 8 heteroatoms. The van der Waals surface area contributed by atoms with Gasteiger partial charge in [0.1, 0.15) is 5.75 Å². The molecule has 22 heavy (non-hydrogen) atoms. The van der Waals surface area contributed by atoms with Gasteiger partial charge in [-0.1, -0.05) is 0 Å². The highest BCUT2D eigenvalue weighted by molar-refractivity contribution is 5.92. The molecule has 0 aliphatic rings. The molecule has 0 bridgehead atoms. The predicted octanol–water partition coefficient (Wildman–Crippen LogP) is 2.49. The topological polar surface area (TPSA) is 50.8 Å². The third-order valence-corrected chi connectivity index (χ3v) is 2.67. The normalized spacial score (nSPS) is 11.5. The van der Waals surface area contributed by atoms with E-state index in [4.69, 9.17) is 4.74 Å². The van der Waals surface area contributed by atoms with Crippen LogP contribution in [0.2, 0.25) is 0 Å². The molecule has 0 aromatic heterocycles. The summed E-state index contributed by atoms with van der Waals surface area (Å²) < 4.78 is 44.7. The van der Waals surface area contributed by atoms with Gasteiger partial charge in [0.15, 0.2) is 0 Å². The average molecular weight is 320 g/mol. The summed E-state index contributed by atoms with van der Waals surface area (Å²) in [6.07, 6.45) is -3.92. The first-order valence-corrected chi connectivity index (χ1v) is 6.63. The molecule has 1 aromatic carbocycles.